The smallest absolute Gasteiger partial charge is 0.159 e. The van der Waals surface area contributed by atoms with Crippen LogP contribution in [0.3, 0.4) is 0 Å². The van der Waals surface area contributed by atoms with Crippen LogP contribution in [-0.2, 0) is 9.47 Å². The van der Waals surface area contributed by atoms with Crippen LogP contribution >= 0.6 is 0 Å². The number of fused-ring (bicyclic) bond motifs is 1. The van der Waals surface area contributed by atoms with E-state index in [1.165, 1.54) is 31.3 Å². The van der Waals surface area contributed by atoms with E-state index >= 15 is 0 Å². The first-order valence-electron chi connectivity index (χ1n) is 5.38. The average molecular weight is 194 g/mol. The highest BCUT2D eigenvalue weighted by atomic mass is 16.5. The molecule has 1 unspecified atom stereocenters. The van der Waals surface area contributed by atoms with Crippen molar-refractivity contribution in [2.24, 2.45) is 5.92 Å². The molecular weight excluding hydrogens is 176 g/mol. The van der Waals surface area contributed by atoms with E-state index in [4.69, 9.17) is 9.47 Å². The summed E-state index contributed by atoms with van der Waals surface area (Å²) in [7, 11) is 3.46. The lowest BCUT2D eigenvalue weighted by molar-refractivity contribution is 0.202. The molecule has 2 rings (SSSR count). The Balaban J connectivity index is 2.29. The summed E-state index contributed by atoms with van der Waals surface area (Å²) in [5.74, 6) is 2.65. The van der Waals surface area contributed by atoms with E-state index < -0.39 is 0 Å². The Morgan fingerprint density at radius 3 is 2.79 bits per heavy atom. The van der Waals surface area contributed by atoms with Crippen molar-refractivity contribution >= 4 is 0 Å². The zero-order valence-electron chi connectivity index (χ0n) is 9.01. The minimum Gasteiger partial charge on any atom is -0.493 e. The van der Waals surface area contributed by atoms with Crippen molar-refractivity contribution < 1.29 is 9.47 Å². The predicted octanol–water partition coefficient (Wildman–Crippen LogP) is 3.01. The summed E-state index contributed by atoms with van der Waals surface area (Å²) in [6.45, 7) is 0. The number of hydrogen-bond donors (Lipinski definition) is 0. The Hall–Kier alpha value is -0.920. The first-order chi connectivity index (χ1) is 6.86. The van der Waals surface area contributed by atoms with Gasteiger partial charge in [0.15, 0.2) is 11.5 Å². The maximum absolute atomic E-state index is 5.45. The van der Waals surface area contributed by atoms with Crippen LogP contribution in [0, 0.1) is 5.92 Å². The molecule has 0 amide bonds. The van der Waals surface area contributed by atoms with Gasteiger partial charge in [0, 0.05) is 0 Å². The Morgan fingerprint density at radius 2 is 2.07 bits per heavy atom. The third kappa shape index (κ3) is 1.54. The Kier molecular flexibility index (Phi) is 2.80. The fourth-order valence-corrected chi connectivity index (χ4v) is 2.55. The van der Waals surface area contributed by atoms with Crippen molar-refractivity contribution in [3.05, 3.63) is 23.2 Å². The largest absolute Gasteiger partial charge is 0.493 e. The molecule has 0 aromatic rings. The second-order valence-corrected chi connectivity index (χ2v) is 4.01. The number of rotatable bonds is 2. The SMILES string of the molecule is COC1=CCC2CCCCC2=C1OC. The molecule has 2 nitrogen and oxygen atoms in total. The lowest BCUT2D eigenvalue weighted by atomic mass is 9.79. The lowest BCUT2D eigenvalue weighted by Crippen LogP contribution is -2.17. The van der Waals surface area contributed by atoms with Gasteiger partial charge in [-0.05, 0) is 43.3 Å². The van der Waals surface area contributed by atoms with E-state index in [9.17, 15) is 0 Å². The van der Waals surface area contributed by atoms with Gasteiger partial charge in [0.05, 0.1) is 14.2 Å². The van der Waals surface area contributed by atoms with Gasteiger partial charge in [-0.2, -0.15) is 0 Å². The fourth-order valence-electron chi connectivity index (χ4n) is 2.55. The minimum atomic E-state index is 0.720. The van der Waals surface area contributed by atoms with E-state index in [0.717, 1.165) is 23.9 Å². The van der Waals surface area contributed by atoms with Crippen LogP contribution < -0.4 is 0 Å². The first kappa shape index (κ1) is 9.63. The summed E-state index contributed by atoms with van der Waals surface area (Å²) in [4.78, 5) is 0. The van der Waals surface area contributed by atoms with Crippen molar-refractivity contribution in [1.29, 1.82) is 0 Å². The van der Waals surface area contributed by atoms with Gasteiger partial charge in [-0.1, -0.05) is 6.42 Å². The molecule has 0 aliphatic heterocycles. The molecule has 2 aliphatic rings. The second kappa shape index (κ2) is 4.07. The summed E-state index contributed by atoms with van der Waals surface area (Å²) in [6, 6.07) is 0. The molecule has 14 heavy (non-hydrogen) atoms. The molecule has 2 aliphatic carbocycles. The molecule has 0 radical (unpaired) electrons. The van der Waals surface area contributed by atoms with Gasteiger partial charge in [-0.3, -0.25) is 0 Å². The van der Waals surface area contributed by atoms with E-state index in [0.29, 0.717) is 0 Å². The van der Waals surface area contributed by atoms with E-state index in [1.807, 2.05) is 0 Å². The Bertz CT molecular complexity index is 276. The van der Waals surface area contributed by atoms with Crippen LogP contribution in [0.15, 0.2) is 23.2 Å². The molecule has 1 saturated carbocycles. The monoisotopic (exact) mass is 194 g/mol. The number of allylic oxidation sites excluding steroid dienone is 2. The normalized spacial score (nSPS) is 26.7. The van der Waals surface area contributed by atoms with Crippen molar-refractivity contribution in [2.45, 2.75) is 32.1 Å². The Labute approximate surface area is 85.6 Å². The molecule has 2 heteroatoms. The summed E-state index contributed by atoms with van der Waals surface area (Å²) >= 11 is 0. The molecule has 0 heterocycles. The first-order valence-corrected chi connectivity index (χ1v) is 5.38. The van der Waals surface area contributed by atoms with Crippen LogP contribution in [0.2, 0.25) is 0 Å². The Morgan fingerprint density at radius 1 is 1.21 bits per heavy atom. The van der Waals surface area contributed by atoms with Gasteiger partial charge in [0.25, 0.3) is 0 Å². The van der Waals surface area contributed by atoms with Crippen LogP contribution in [0.5, 0.6) is 0 Å². The van der Waals surface area contributed by atoms with E-state index in [-0.39, 0.29) is 0 Å². The average Bonchev–Trinajstić information content (AvgIpc) is 2.27. The predicted molar refractivity (Wildman–Crippen MR) is 55.7 cm³/mol. The molecule has 0 aromatic heterocycles. The standard InChI is InChI=1S/C12H18O2/c1-13-11-8-7-9-5-3-4-6-10(9)12(11)14-2/h8-9H,3-7H2,1-2H3. The van der Waals surface area contributed by atoms with Crippen molar-refractivity contribution in [1.82, 2.24) is 0 Å². The molecular formula is C12H18O2. The highest BCUT2D eigenvalue weighted by Gasteiger charge is 2.27. The molecule has 1 atom stereocenters. The minimum absolute atomic E-state index is 0.720. The van der Waals surface area contributed by atoms with Crippen LogP contribution in [0.1, 0.15) is 32.1 Å². The second-order valence-electron chi connectivity index (χ2n) is 4.01. The van der Waals surface area contributed by atoms with Crippen molar-refractivity contribution in [3.8, 4) is 0 Å². The van der Waals surface area contributed by atoms with Gasteiger partial charge in [0.2, 0.25) is 0 Å². The molecule has 78 valence electrons. The summed E-state index contributed by atoms with van der Waals surface area (Å²) in [6.07, 6.45) is 8.46. The zero-order chi connectivity index (χ0) is 9.97. The van der Waals surface area contributed by atoms with Crippen LogP contribution in [0.25, 0.3) is 0 Å². The number of methoxy groups -OCH3 is 2. The molecule has 0 bridgehead atoms. The lowest BCUT2D eigenvalue weighted by Gasteiger charge is -2.30. The molecule has 0 N–H and O–H groups in total. The summed E-state index contributed by atoms with van der Waals surface area (Å²) < 4.78 is 10.8. The van der Waals surface area contributed by atoms with Gasteiger partial charge < -0.3 is 9.47 Å². The quantitative estimate of drug-likeness (QED) is 0.672. The van der Waals surface area contributed by atoms with Crippen molar-refractivity contribution in [2.75, 3.05) is 14.2 Å². The maximum atomic E-state index is 5.45. The van der Waals surface area contributed by atoms with Crippen molar-refractivity contribution in [3.63, 3.8) is 0 Å². The topological polar surface area (TPSA) is 18.5 Å². The van der Waals surface area contributed by atoms with Gasteiger partial charge >= 0.3 is 0 Å². The molecule has 0 aromatic carbocycles. The van der Waals surface area contributed by atoms with E-state index in [2.05, 4.69) is 6.08 Å². The molecule has 0 spiro atoms. The maximum Gasteiger partial charge on any atom is 0.159 e. The van der Waals surface area contributed by atoms with Gasteiger partial charge in [0.1, 0.15) is 0 Å². The summed E-state index contributed by atoms with van der Waals surface area (Å²) in [5, 5.41) is 0. The number of hydrogen-bond acceptors (Lipinski definition) is 2. The highest BCUT2D eigenvalue weighted by Crippen LogP contribution is 2.39. The molecule has 1 fully saturated rings. The van der Waals surface area contributed by atoms with Gasteiger partial charge in [-0.15, -0.1) is 0 Å². The summed E-state index contributed by atoms with van der Waals surface area (Å²) in [5.41, 5.74) is 1.48. The zero-order valence-corrected chi connectivity index (χ0v) is 9.01. The third-order valence-corrected chi connectivity index (χ3v) is 3.27. The molecule has 0 saturated heterocycles. The fraction of sp³-hybridized carbons (Fsp3) is 0.667. The third-order valence-electron chi connectivity index (χ3n) is 3.27. The van der Waals surface area contributed by atoms with Gasteiger partial charge in [-0.25, -0.2) is 0 Å². The van der Waals surface area contributed by atoms with Crippen LogP contribution in [-0.4, -0.2) is 14.2 Å². The van der Waals surface area contributed by atoms with Crippen LogP contribution in [0.4, 0.5) is 0 Å². The van der Waals surface area contributed by atoms with E-state index in [1.54, 1.807) is 14.2 Å². The highest BCUT2D eigenvalue weighted by molar-refractivity contribution is 5.33. The number of ether oxygens (including phenoxy) is 2.